The van der Waals surface area contributed by atoms with E-state index >= 15 is 0 Å². The highest BCUT2D eigenvalue weighted by atomic mass is 35.5. The van der Waals surface area contributed by atoms with Crippen molar-refractivity contribution in [2.24, 2.45) is 0 Å². The summed E-state index contributed by atoms with van der Waals surface area (Å²) in [6.07, 6.45) is 7.23. The van der Waals surface area contributed by atoms with Crippen molar-refractivity contribution in [1.82, 2.24) is 19.6 Å². The van der Waals surface area contributed by atoms with Crippen LogP contribution in [0, 0.1) is 0 Å². The van der Waals surface area contributed by atoms with E-state index in [0.717, 1.165) is 24.1 Å². The Morgan fingerprint density at radius 1 is 1.21 bits per heavy atom. The number of nitrogens with zero attached hydrogens (tertiary/aromatic N) is 5. The first-order valence-corrected chi connectivity index (χ1v) is 9.67. The molecule has 2 aromatic heterocycles. The molecule has 1 fully saturated rings. The molecule has 4 rings (SSSR count). The van der Waals surface area contributed by atoms with Gasteiger partial charge in [0, 0.05) is 25.5 Å². The van der Waals surface area contributed by atoms with Gasteiger partial charge in [-0.25, -0.2) is 4.79 Å². The predicted octanol–water partition coefficient (Wildman–Crippen LogP) is 2.71. The second-order valence-electron chi connectivity index (χ2n) is 6.80. The van der Waals surface area contributed by atoms with Gasteiger partial charge in [-0.3, -0.25) is 9.48 Å². The van der Waals surface area contributed by atoms with E-state index < -0.39 is 11.5 Å². The lowest BCUT2D eigenvalue weighted by Crippen LogP contribution is -2.38. The molecule has 3 aromatic rings. The SMILES string of the molecule is COC(=O)c1ccccc1-n1ncc(N2CCCC(n3cccn3)C2)c(Cl)c1=O. The molecule has 1 aliphatic rings. The lowest BCUT2D eigenvalue weighted by molar-refractivity contribution is 0.0600. The first kappa shape index (κ1) is 19.2. The molecule has 3 heterocycles. The van der Waals surface area contributed by atoms with Crippen molar-refractivity contribution in [2.75, 3.05) is 25.1 Å². The van der Waals surface area contributed by atoms with Crippen LogP contribution in [0.15, 0.2) is 53.7 Å². The van der Waals surface area contributed by atoms with Gasteiger partial charge in [0.1, 0.15) is 5.02 Å². The Kier molecular flexibility index (Phi) is 5.35. The van der Waals surface area contributed by atoms with Crippen LogP contribution in [-0.2, 0) is 4.74 Å². The molecule has 1 aromatic carbocycles. The maximum Gasteiger partial charge on any atom is 0.340 e. The molecule has 0 spiro atoms. The number of halogens is 1. The number of aromatic nitrogens is 4. The molecule has 0 amide bonds. The Labute approximate surface area is 172 Å². The number of benzene rings is 1. The van der Waals surface area contributed by atoms with Crippen LogP contribution in [0.25, 0.3) is 5.69 Å². The standard InChI is InChI=1S/C20H20ClN5O3/c1-29-20(28)15-7-2-3-8-16(15)26-19(27)18(21)17(12-23-26)24-10-4-6-14(13-24)25-11-5-9-22-25/h2-3,5,7-9,11-12,14H,4,6,10,13H2,1H3. The summed E-state index contributed by atoms with van der Waals surface area (Å²) >= 11 is 6.47. The molecule has 0 aliphatic carbocycles. The van der Waals surface area contributed by atoms with Crippen LogP contribution in [-0.4, -0.2) is 45.7 Å². The Bertz CT molecular complexity index is 1080. The predicted molar refractivity (Wildman–Crippen MR) is 109 cm³/mol. The fraction of sp³-hybridized carbons (Fsp3) is 0.300. The number of piperidine rings is 1. The van der Waals surface area contributed by atoms with Crippen LogP contribution in [0.2, 0.25) is 5.02 Å². The molecule has 1 aliphatic heterocycles. The summed E-state index contributed by atoms with van der Waals surface area (Å²) < 4.78 is 7.87. The van der Waals surface area contributed by atoms with Crippen molar-refractivity contribution in [3.8, 4) is 5.69 Å². The van der Waals surface area contributed by atoms with E-state index in [4.69, 9.17) is 16.3 Å². The van der Waals surface area contributed by atoms with Crippen LogP contribution in [0.4, 0.5) is 5.69 Å². The second-order valence-corrected chi connectivity index (χ2v) is 7.18. The van der Waals surface area contributed by atoms with Gasteiger partial charge in [-0.05, 0) is 31.0 Å². The lowest BCUT2D eigenvalue weighted by atomic mass is 10.1. The number of methoxy groups -OCH3 is 1. The highest BCUT2D eigenvalue weighted by molar-refractivity contribution is 6.33. The maximum absolute atomic E-state index is 13.0. The third-order valence-corrected chi connectivity index (χ3v) is 5.43. The number of carbonyl (C=O) groups excluding carboxylic acids is 1. The summed E-state index contributed by atoms with van der Waals surface area (Å²) in [6.45, 7) is 1.46. The average Bonchev–Trinajstić information content (AvgIpc) is 3.30. The summed E-state index contributed by atoms with van der Waals surface area (Å²) in [4.78, 5) is 27.1. The quantitative estimate of drug-likeness (QED) is 0.611. The number of hydrogen-bond acceptors (Lipinski definition) is 6. The smallest absolute Gasteiger partial charge is 0.340 e. The summed E-state index contributed by atoms with van der Waals surface area (Å²) in [5, 5.41) is 8.70. The van der Waals surface area contributed by atoms with E-state index in [1.165, 1.54) is 7.11 Å². The van der Waals surface area contributed by atoms with E-state index in [0.29, 0.717) is 17.9 Å². The maximum atomic E-state index is 13.0. The topological polar surface area (TPSA) is 82.2 Å². The van der Waals surface area contributed by atoms with Gasteiger partial charge in [-0.2, -0.15) is 14.9 Å². The minimum Gasteiger partial charge on any atom is -0.465 e. The van der Waals surface area contributed by atoms with Crippen molar-refractivity contribution >= 4 is 23.3 Å². The Balaban J connectivity index is 1.69. The van der Waals surface area contributed by atoms with Gasteiger partial charge in [-0.15, -0.1) is 0 Å². The Morgan fingerprint density at radius 3 is 2.79 bits per heavy atom. The molecular weight excluding hydrogens is 394 g/mol. The van der Waals surface area contributed by atoms with Crippen LogP contribution in [0.1, 0.15) is 29.2 Å². The summed E-state index contributed by atoms with van der Waals surface area (Å²) in [6, 6.07) is 8.73. The van der Waals surface area contributed by atoms with Crippen LogP contribution in [0.5, 0.6) is 0 Å². The zero-order valence-corrected chi connectivity index (χ0v) is 16.6. The average molecular weight is 414 g/mol. The summed E-state index contributed by atoms with van der Waals surface area (Å²) in [5.74, 6) is -0.549. The molecule has 150 valence electrons. The van der Waals surface area contributed by atoms with Crippen molar-refractivity contribution in [1.29, 1.82) is 0 Å². The summed E-state index contributed by atoms with van der Waals surface area (Å²) in [7, 11) is 1.29. The number of rotatable bonds is 4. The number of esters is 1. The van der Waals surface area contributed by atoms with Gasteiger partial charge in [0.25, 0.3) is 5.56 Å². The third-order valence-electron chi connectivity index (χ3n) is 5.07. The van der Waals surface area contributed by atoms with Crippen LogP contribution in [0.3, 0.4) is 0 Å². The number of hydrogen-bond donors (Lipinski definition) is 0. The summed E-state index contributed by atoms with van der Waals surface area (Å²) in [5.41, 5.74) is 0.665. The van der Waals surface area contributed by atoms with Crippen molar-refractivity contribution in [2.45, 2.75) is 18.9 Å². The molecule has 1 atom stereocenters. The monoisotopic (exact) mass is 413 g/mol. The zero-order chi connectivity index (χ0) is 20.4. The lowest BCUT2D eigenvalue weighted by Gasteiger charge is -2.34. The first-order valence-electron chi connectivity index (χ1n) is 9.29. The first-order chi connectivity index (χ1) is 14.1. The highest BCUT2D eigenvalue weighted by Crippen LogP contribution is 2.29. The van der Waals surface area contributed by atoms with Gasteiger partial charge >= 0.3 is 5.97 Å². The highest BCUT2D eigenvalue weighted by Gasteiger charge is 2.25. The van der Waals surface area contributed by atoms with E-state index in [9.17, 15) is 9.59 Å². The molecule has 0 radical (unpaired) electrons. The van der Waals surface area contributed by atoms with Crippen LogP contribution >= 0.6 is 11.6 Å². The number of anilines is 1. The van der Waals surface area contributed by atoms with Crippen molar-refractivity contribution < 1.29 is 9.53 Å². The largest absolute Gasteiger partial charge is 0.465 e. The van der Waals surface area contributed by atoms with Gasteiger partial charge in [0.05, 0.1) is 36.3 Å². The molecule has 1 unspecified atom stereocenters. The fourth-order valence-corrected chi connectivity index (χ4v) is 3.89. The molecule has 9 heteroatoms. The van der Waals surface area contributed by atoms with Gasteiger partial charge in [-0.1, -0.05) is 23.7 Å². The molecule has 0 saturated carbocycles. The second kappa shape index (κ2) is 8.08. The number of ether oxygens (including phenoxy) is 1. The van der Waals surface area contributed by atoms with E-state index in [2.05, 4.69) is 15.1 Å². The minimum atomic E-state index is -0.549. The fourth-order valence-electron chi connectivity index (χ4n) is 3.64. The van der Waals surface area contributed by atoms with E-state index in [-0.39, 0.29) is 16.6 Å². The van der Waals surface area contributed by atoms with Gasteiger partial charge in [0.2, 0.25) is 0 Å². The molecule has 0 bridgehead atoms. The van der Waals surface area contributed by atoms with Gasteiger partial charge in [0.15, 0.2) is 0 Å². The molecular formula is C20H20ClN5O3. The van der Waals surface area contributed by atoms with Crippen LogP contribution < -0.4 is 10.5 Å². The third kappa shape index (κ3) is 3.63. The van der Waals surface area contributed by atoms with Gasteiger partial charge < -0.3 is 9.64 Å². The molecule has 29 heavy (non-hydrogen) atoms. The Morgan fingerprint density at radius 2 is 2.03 bits per heavy atom. The van der Waals surface area contributed by atoms with E-state index in [1.54, 1.807) is 36.7 Å². The number of para-hydroxylation sites is 1. The van der Waals surface area contributed by atoms with E-state index in [1.807, 2.05) is 16.9 Å². The number of carbonyl (C=O) groups is 1. The van der Waals surface area contributed by atoms with Crippen molar-refractivity contribution in [3.63, 3.8) is 0 Å². The zero-order valence-electron chi connectivity index (χ0n) is 15.9. The molecule has 0 N–H and O–H groups in total. The molecule has 8 nitrogen and oxygen atoms in total. The minimum absolute atomic E-state index is 0.0702. The van der Waals surface area contributed by atoms with Crippen molar-refractivity contribution in [3.05, 3.63) is 69.9 Å². The Hall–Kier alpha value is -3.13. The normalized spacial score (nSPS) is 16.6. The molecule has 1 saturated heterocycles.